The number of pyridine rings is 1. The Morgan fingerprint density at radius 1 is 1.19 bits per heavy atom. The maximum absolute atomic E-state index is 14.3. The van der Waals surface area contributed by atoms with Gasteiger partial charge in [-0.1, -0.05) is 11.3 Å². The van der Waals surface area contributed by atoms with Crippen LogP contribution in [0.2, 0.25) is 0 Å². The molecule has 4 aromatic heterocycles. The normalized spacial score (nSPS) is 15.6. The van der Waals surface area contributed by atoms with Gasteiger partial charge in [-0.3, -0.25) is 0 Å². The van der Waals surface area contributed by atoms with Crippen LogP contribution in [-0.4, -0.2) is 37.1 Å². The molecule has 26 heavy (non-hydrogen) atoms. The van der Waals surface area contributed by atoms with Crippen molar-refractivity contribution in [2.45, 2.75) is 25.7 Å². The van der Waals surface area contributed by atoms with E-state index in [-0.39, 0.29) is 18.2 Å². The molecule has 9 heteroatoms. The van der Waals surface area contributed by atoms with Crippen LogP contribution in [0, 0.1) is 12.7 Å². The molecule has 0 radical (unpaired) electrons. The molecule has 136 valence electrons. The van der Waals surface area contributed by atoms with Gasteiger partial charge in [0.2, 0.25) is 4.96 Å². The number of nitrogens with one attached hydrogen (secondary N) is 1. The summed E-state index contributed by atoms with van der Waals surface area (Å²) in [6, 6.07) is 1.49. The maximum atomic E-state index is 14.3. The van der Waals surface area contributed by atoms with Gasteiger partial charge in [-0.15, -0.1) is 12.4 Å². The smallest absolute Gasteiger partial charge is 0.212 e. The third kappa shape index (κ3) is 2.87. The number of hydrogen-bond donors (Lipinski definition) is 1. The molecule has 0 atom stereocenters. The fourth-order valence-electron chi connectivity index (χ4n) is 3.44. The Kier molecular flexibility index (Phi) is 4.42. The molecule has 0 aliphatic carbocycles. The third-order valence-corrected chi connectivity index (χ3v) is 5.66. The Morgan fingerprint density at radius 2 is 2.00 bits per heavy atom. The average Bonchev–Trinajstić information content (AvgIpc) is 3.27. The summed E-state index contributed by atoms with van der Waals surface area (Å²) in [7, 11) is 0. The molecule has 0 unspecified atom stereocenters. The Morgan fingerprint density at radius 3 is 2.77 bits per heavy atom. The minimum Gasteiger partial charge on any atom is -0.317 e. The van der Waals surface area contributed by atoms with Gasteiger partial charge in [0.05, 0.1) is 17.6 Å². The second-order valence-corrected chi connectivity index (χ2v) is 7.47. The lowest BCUT2D eigenvalue weighted by Gasteiger charge is -2.20. The standard InChI is InChI=1S/C17H17FN6S.ClH/c1-10-7-23-8-12(6-13(18)15(23)20-10)16-22-24-9-14(21-17(24)25-16)11-2-4-19-5-3-11;/h6-9,11,19H,2-5H2,1H3;1H. The third-order valence-electron chi connectivity index (χ3n) is 4.69. The van der Waals surface area contributed by atoms with E-state index in [1.807, 2.05) is 30.0 Å². The zero-order valence-electron chi connectivity index (χ0n) is 14.1. The summed E-state index contributed by atoms with van der Waals surface area (Å²) in [5.41, 5.74) is 2.98. The Balaban J connectivity index is 0.00000168. The number of nitrogens with zero attached hydrogens (tertiary/aromatic N) is 5. The first kappa shape index (κ1) is 17.4. The van der Waals surface area contributed by atoms with Crippen LogP contribution in [-0.2, 0) is 0 Å². The van der Waals surface area contributed by atoms with Crippen LogP contribution in [0.5, 0.6) is 0 Å². The fourth-order valence-corrected chi connectivity index (χ4v) is 4.31. The monoisotopic (exact) mass is 392 g/mol. The highest BCUT2D eigenvalue weighted by Gasteiger charge is 2.20. The number of hydrogen-bond acceptors (Lipinski definition) is 5. The van der Waals surface area contributed by atoms with Crippen LogP contribution in [0.1, 0.15) is 30.1 Å². The summed E-state index contributed by atoms with van der Waals surface area (Å²) in [5, 5.41) is 8.74. The quantitative estimate of drug-likeness (QED) is 0.567. The van der Waals surface area contributed by atoms with Crippen molar-refractivity contribution in [3.63, 3.8) is 0 Å². The van der Waals surface area contributed by atoms with E-state index in [1.165, 1.54) is 17.4 Å². The van der Waals surface area contributed by atoms with Gasteiger partial charge in [-0.25, -0.2) is 18.9 Å². The van der Waals surface area contributed by atoms with Crippen molar-refractivity contribution < 1.29 is 4.39 Å². The van der Waals surface area contributed by atoms with Crippen LogP contribution in [0.25, 0.3) is 21.2 Å². The van der Waals surface area contributed by atoms with E-state index in [9.17, 15) is 4.39 Å². The first-order valence-electron chi connectivity index (χ1n) is 8.39. The second kappa shape index (κ2) is 6.61. The molecular formula is C17H18ClFN6S. The van der Waals surface area contributed by atoms with E-state index in [0.717, 1.165) is 52.9 Å². The molecule has 0 amide bonds. The number of rotatable bonds is 2. The Labute approximate surface area is 159 Å². The SMILES string of the molecule is Cc1cn2cc(-c3nn4cc(C5CCNCC5)nc4s3)cc(F)c2n1.Cl. The highest BCUT2D eigenvalue weighted by atomic mass is 35.5. The molecule has 1 fully saturated rings. The van der Waals surface area contributed by atoms with E-state index in [0.29, 0.717) is 11.6 Å². The van der Waals surface area contributed by atoms with Crippen LogP contribution in [0.4, 0.5) is 4.39 Å². The van der Waals surface area contributed by atoms with Gasteiger partial charge in [0, 0.05) is 23.9 Å². The molecule has 1 aliphatic rings. The van der Waals surface area contributed by atoms with Crippen LogP contribution in [0.15, 0.2) is 24.7 Å². The number of fused-ring (bicyclic) bond motifs is 2. The summed E-state index contributed by atoms with van der Waals surface area (Å²) in [6.45, 7) is 3.93. The highest BCUT2D eigenvalue weighted by molar-refractivity contribution is 7.19. The van der Waals surface area contributed by atoms with Crippen molar-refractivity contribution in [3.05, 3.63) is 41.9 Å². The largest absolute Gasteiger partial charge is 0.317 e. The summed E-state index contributed by atoms with van der Waals surface area (Å²) in [4.78, 5) is 9.79. The summed E-state index contributed by atoms with van der Waals surface area (Å²) < 4.78 is 17.8. The number of aromatic nitrogens is 5. The van der Waals surface area contributed by atoms with Crippen molar-refractivity contribution in [2.24, 2.45) is 0 Å². The van der Waals surface area contributed by atoms with Gasteiger partial charge in [0.15, 0.2) is 11.5 Å². The van der Waals surface area contributed by atoms with Crippen molar-refractivity contribution >= 4 is 34.4 Å². The summed E-state index contributed by atoms with van der Waals surface area (Å²) in [5.74, 6) is 0.162. The minimum atomic E-state index is -0.339. The highest BCUT2D eigenvalue weighted by Crippen LogP contribution is 2.30. The average molecular weight is 393 g/mol. The maximum Gasteiger partial charge on any atom is 0.212 e. The Bertz CT molecular complexity index is 1050. The molecule has 0 spiro atoms. The van der Waals surface area contributed by atoms with Crippen molar-refractivity contribution in [1.82, 2.24) is 29.3 Å². The molecule has 0 bridgehead atoms. The molecule has 1 saturated heterocycles. The van der Waals surface area contributed by atoms with E-state index in [4.69, 9.17) is 4.98 Å². The molecule has 6 nitrogen and oxygen atoms in total. The number of aryl methyl sites for hydroxylation is 1. The van der Waals surface area contributed by atoms with Crippen LogP contribution >= 0.6 is 23.7 Å². The van der Waals surface area contributed by atoms with Crippen molar-refractivity contribution in [2.75, 3.05) is 13.1 Å². The first-order valence-corrected chi connectivity index (χ1v) is 9.21. The van der Waals surface area contributed by atoms with Gasteiger partial charge in [-0.05, 0) is 38.9 Å². The molecule has 0 saturated carbocycles. The summed E-state index contributed by atoms with van der Waals surface area (Å²) >= 11 is 1.48. The van der Waals surface area contributed by atoms with Gasteiger partial charge in [0.1, 0.15) is 5.01 Å². The second-order valence-electron chi connectivity index (χ2n) is 6.51. The lowest BCUT2D eigenvalue weighted by molar-refractivity contribution is 0.454. The minimum absolute atomic E-state index is 0. The fraction of sp³-hybridized carbons (Fsp3) is 0.353. The zero-order valence-corrected chi connectivity index (χ0v) is 15.8. The lowest BCUT2D eigenvalue weighted by atomic mass is 9.95. The van der Waals surface area contributed by atoms with E-state index >= 15 is 0 Å². The van der Waals surface area contributed by atoms with Gasteiger partial charge in [-0.2, -0.15) is 5.10 Å². The van der Waals surface area contributed by atoms with Crippen molar-refractivity contribution in [1.29, 1.82) is 0 Å². The number of halogens is 2. The first-order chi connectivity index (χ1) is 12.2. The predicted molar refractivity (Wildman–Crippen MR) is 102 cm³/mol. The van der Waals surface area contributed by atoms with Crippen LogP contribution in [0.3, 0.4) is 0 Å². The zero-order chi connectivity index (χ0) is 17.0. The van der Waals surface area contributed by atoms with Crippen LogP contribution < -0.4 is 5.32 Å². The van der Waals surface area contributed by atoms with Gasteiger partial charge in [0.25, 0.3) is 0 Å². The lowest BCUT2D eigenvalue weighted by Crippen LogP contribution is -2.26. The molecule has 1 aliphatic heterocycles. The van der Waals surface area contributed by atoms with E-state index in [1.54, 1.807) is 4.40 Å². The van der Waals surface area contributed by atoms with E-state index < -0.39 is 0 Å². The Hall–Kier alpha value is -2.03. The molecular weight excluding hydrogens is 375 g/mol. The molecule has 0 aromatic carbocycles. The predicted octanol–water partition coefficient (Wildman–Crippen LogP) is 3.44. The molecule has 4 aromatic rings. The molecule has 1 N–H and O–H groups in total. The summed E-state index contributed by atoms with van der Waals surface area (Å²) in [6.07, 6.45) is 7.92. The number of piperidine rings is 1. The molecule has 5 rings (SSSR count). The van der Waals surface area contributed by atoms with Crippen molar-refractivity contribution in [3.8, 4) is 10.6 Å². The number of imidazole rings is 2. The van der Waals surface area contributed by atoms with E-state index in [2.05, 4.69) is 15.4 Å². The topological polar surface area (TPSA) is 59.5 Å². The molecule has 5 heterocycles. The van der Waals surface area contributed by atoms with Gasteiger partial charge < -0.3 is 9.72 Å². The van der Waals surface area contributed by atoms with Gasteiger partial charge >= 0.3 is 0 Å².